The second-order valence-corrected chi connectivity index (χ2v) is 20.5. The van der Waals surface area contributed by atoms with E-state index in [0.717, 1.165) is 17.1 Å². The lowest BCUT2D eigenvalue weighted by molar-refractivity contribution is 0.627. The van der Waals surface area contributed by atoms with E-state index < -0.39 is 0 Å². The Labute approximate surface area is 400 Å². The van der Waals surface area contributed by atoms with Gasteiger partial charge in [-0.1, -0.05) is 155 Å². The van der Waals surface area contributed by atoms with Crippen LogP contribution in [0.3, 0.4) is 0 Å². The Bertz CT molecular complexity index is 4370. The van der Waals surface area contributed by atoms with Crippen molar-refractivity contribution >= 4 is 93.0 Å². The maximum absolute atomic E-state index is 2.56. The number of para-hydroxylation sites is 4. The highest BCUT2D eigenvalue weighted by Gasteiger charge is 2.42. The van der Waals surface area contributed by atoms with E-state index in [1.807, 2.05) is 0 Å². The smallest absolute Gasteiger partial charge is 0.0562 e. The van der Waals surface area contributed by atoms with E-state index in [4.69, 9.17) is 0 Å². The summed E-state index contributed by atoms with van der Waals surface area (Å²) in [7, 11) is 0. The monoisotopic (exact) mass is 881 g/mol. The summed E-state index contributed by atoms with van der Waals surface area (Å²) >= 11 is 0. The molecule has 0 spiro atoms. The Balaban J connectivity index is 0.959. The quantitative estimate of drug-likeness (QED) is 0.161. The zero-order valence-corrected chi connectivity index (χ0v) is 39.0. The van der Waals surface area contributed by atoms with Gasteiger partial charge in [0.15, 0.2) is 0 Å². The molecule has 2 aliphatic rings. The average Bonchev–Trinajstić information content (AvgIpc) is 3.97. The molecule has 11 aromatic carbocycles. The van der Waals surface area contributed by atoms with Crippen LogP contribution >= 0.6 is 0 Å². The first-order valence-corrected chi connectivity index (χ1v) is 24.3. The van der Waals surface area contributed by atoms with Crippen molar-refractivity contribution in [3.8, 4) is 22.5 Å². The van der Waals surface area contributed by atoms with Crippen LogP contribution in [0.2, 0.25) is 0 Å². The molecule has 3 heterocycles. The fraction of sp³-hybridized carbons (Fsp3) is 0.0909. The van der Waals surface area contributed by atoms with Gasteiger partial charge in [-0.3, -0.25) is 0 Å². The third-order valence-electron chi connectivity index (χ3n) is 16.2. The van der Waals surface area contributed by atoms with Gasteiger partial charge >= 0.3 is 0 Å². The number of hydrogen-bond donors (Lipinski definition) is 0. The van der Waals surface area contributed by atoms with Crippen LogP contribution in [0.4, 0.5) is 17.1 Å². The van der Waals surface area contributed by atoms with Crippen molar-refractivity contribution in [2.75, 3.05) is 4.90 Å². The molecular formula is C66H47N3. The van der Waals surface area contributed by atoms with Gasteiger partial charge in [0.25, 0.3) is 0 Å². The number of benzene rings is 11. The van der Waals surface area contributed by atoms with Crippen LogP contribution in [0.1, 0.15) is 49.9 Å². The summed E-state index contributed by atoms with van der Waals surface area (Å²) in [5.74, 6) is 0. The molecule has 69 heavy (non-hydrogen) atoms. The third-order valence-corrected chi connectivity index (χ3v) is 16.2. The number of rotatable bonds is 3. The van der Waals surface area contributed by atoms with Crippen molar-refractivity contribution in [2.45, 2.75) is 38.5 Å². The van der Waals surface area contributed by atoms with Gasteiger partial charge in [0, 0.05) is 49.4 Å². The van der Waals surface area contributed by atoms with Crippen LogP contribution < -0.4 is 4.90 Å². The predicted octanol–water partition coefficient (Wildman–Crippen LogP) is 17.8. The molecule has 0 saturated heterocycles. The summed E-state index contributed by atoms with van der Waals surface area (Å²) in [6.07, 6.45) is 0. The molecule has 326 valence electrons. The van der Waals surface area contributed by atoms with Crippen LogP contribution in [0.5, 0.6) is 0 Å². The second-order valence-electron chi connectivity index (χ2n) is 20.5. The molecule has 15 rings (SSSR count). The molecule has 0 radical (unpaired) electrons. The highest BCUT2D eigenvalue weighted by atomic mass is 15.2. The minimum atomic E-state index is -0.253. The average molecular weight is 882 g/mol. The lowest BCUT2D eigenvalue weighted by Gasteiger charge is -2.43. The SMILES string of the molecule is CC1(C)c2cc3c(cc2-c2cc4c5ccccc5c5ccccc5c4cc21)C(C)(C)c1ccccc1N3c1cccc(-n2c3ccccc3c3cc4c5ccccc5n(-c5ccccc5)c4cc32)c1. The van der Waals surface area contributed by atoms with Gasteiger partial charge < -0.3 is 14.0 Å². The van der Waals surface area contributed by atoms with E-state index in [9.17, 15) is 0 Å². The molecule has 0 saturated carbocycles. The molecular weight excluding hydrogens is 835 g/mol. The number of anilines is 3. The van der Waals surface area contributed by atoms with Crippen molar-refractivity contribution in [3.05, 3.63) is 235 Å². The van der Waals surface area contributed by atoms with E-state index in [1.165, 1.54) is 121 Å². The van der Waals surface area contributed by atoms with Crippen LogP contribution in [-0.2, 0) is 10.8 Å². The Morgan fingerprint density at radius 2 is 0.739 bits per heavy atom. The standard InChI is InChI=1S/C66H47N3/c1-65(2)55-29-14-17-32-61(55)69(64-38-57-52(37-58(64)65)51-34-49-45-25-10-8-23-43(45)44-24-9-11-26-46(44)50(49)36-56(51)66(57,3)4)42-22-18-21-41(33-42)68-60-31-16-13-28-48(60)54-35-53-47-27-12-15-30-59(47)67(62(53)39-63(54)68)40-19-6-5-7-20-40/h5-39H,1-4H3. The minimum Gasteiger partial charge on any atom is -0.310 e. The number of fused-ring (bicyclic) bond motifs is 17. The van der Waals surface area contributed by atoms with Gasteiger partial charge in [0.1, 0.15) is 0 Å². The number of aromatic nitrogens is 2. The molecule has 3 nitrogen and oxygen atoms in total. The topological polar surface area (TPSA) is 13.1 Å². The summed E-state index contributed by atoms with van der Waals surface area (Å²) in [5, 5.41) is 12.9. The lowest BCUT2D eigenvalue weighted by Crippen LogP contribution is -2.31. The zero-order valence-electron chi connectivity index (χ0n) is 39.0. The molecule has 3 heteroatoms. The normalized spacial score (nSPS) is 14.6. The van der Waals surface area contributed by atoms with Gasteiger partial charge in [-0.05, 0) is 151 Å². The van der Waals surface area contributed by atoms with Gasteiger partial charge in [0.05, 0.1) is 33.4 Å². The molecule has 1 aliphatic carbocycles. The van der Waals surface area contributed by atoms with Crippen LogP contribution in [0.25, 0.3) is 98.4 Å². The Morgan fingerprint density at radius 3 is 1.41 bits per heavy atom. The Morgan fingerprint density at radius 1 is 0.261 bits per heavy atom. The number of nitrogens with zero attached hydrogens (tertiary/aromatic N) is 3. The summed E-state index contributed by atoms with van der Waals surface area (Å²) in [4.78, 5) is 2.55. The Hall–Kier alpha value is -8.40. The number of hydrogen-bond acceptors (Lipinski definition) is 1. The largest absolute Gasteiger partial charge is 0.310 e. The molecule has 0 atom stereocenters. The predicted molar refractivity (Wildman–Crippen MR) is 292 cm³/mol. The highest BCUT2D eigenvalue weighted by molar-refractivity contribution is 6.26. The molecule has 0 bridgehead atoms. The van der Waals surface area contributed by atoms with Gasteiger partial charge in [-0.2, -0.15) is 0 Å². The van der Waals surface area contributed by atoms with E-state index in [1.54, 1.807) is 0 Å². The molecule has 0 N–H and O–H groups in total. The fourth-order valence-corrected chi connectivity index (χ4v) is 12.9. The van der Waals surface area contributed by atoms with Crippen LogP contribution in [-0.4, -0.2) is 9.13 Å². The summed E-state index contributed by atoms with van der Waals surface area (Å²) in [6.45, 7) is 9.70. The Kier molecular flexibility index (Phi) is 7.63. The van der Waals surface area contributed by atoms with Crippen molar-refractivity contribution in [1.29, 1.82) is 0 Å². The maximum atomic E-state index is 2.56. The first-order valence-electron chi connectivity index (χ1n) is 24.3. The second kappa shape index (κ2) is 13.6. The molecule has 13 aromatic rings. The lowest BCUT2D eigenvalue weighted by atomic mass is 9.72. The van der Waals surface area contributed by atoms with Gasteiger partial charge in [0.2, 0.25) is 0 Å². The third kappa shape index (κ3) is 5.12. The molecule has 2 aromatic heterocycles. The van der Waals surface area contributed by atoms with Crippen LogP contribution in [0, 0.1) is 0 Å². The first-order chi connectivity index (χ1) is 33.8. The summed E-state index contributed by atoms with van der Waals surface area (Å²) < 4.78 is 4.92. The minimum absolute atomic E-state index is 0.230. The molecule has 0 fully saturated rings. The summed E-state index contributed by atoms with van der Waals surface area (Å²) in [6, 6.07) is 79.8. The highest BCUT2D eigenvalue weighted by Crippen LogP contribution is 2.58. The van der Waals surface area contributed by atoms with Gasteiger partial charge in [-0.25, -0.2) is 0 Å². The molecule has 0 amide bonds. The van der Waals surface area contributed by atoms with Crippen molar-refractivity contribution in [1.82, 2.24) is 9.13 Å². The summed E-state index contributed by atoms with van der Waals surface area (Å²) in [5.41, 5.74) is 18.3. The molecule has 1 aliphatic heterocycles. The van der Waals surface area contributed by atoms with Crippen molar-refractivity contribution in [3.63, 3.8) is 0 Å². The zero-order chi connectivity index (χ0) is 45.9. The van der Waals surface area contributed by atoms with Crippen LogP contribution in [0.15, 0.2) is 212 Å². The van der Waals surface area contributed by atoms with E-state index in [0.29, 0.717) is 0 Å². The van der Waals surface area contributed by atoms with Crippen molar-refractivity contribution < 1.29 is 0 Å². The van der Waals surface area contributed by atoms with E-state index in [2.05, 4.69) is 254 Å². The molecule has 0 unspecified atom stereocenters. The first kappa shape index (κ1) is 38.7. The maximum Gasteiger partial charge on any atom is 0.0562 e. The van der Waals surface area contributed by atoms with E-state index >= 15 is 0 Å². The van der Waals surface area contributed by atoms with E-state index in [-0.39, 0.29) is 10.8 Å². The van der Waals surface area contributed by atoms with Crippen molar-refractivity contribution in [2.24, 2.45) is 0 Å². The fourth-order valence-electron chi connectivity index (χ4n) is 12.9. The van der Waals surface area contributed by atoms with Gasteiger partial charge in [-0.15, -0.1) is 0 Å².